The summed E-state index contributed by atoms with van der Waals surface area (Å²) in [7, 11) is 0. The zero-order valence-corrected chi connectivity index (χ0v) is 13.8. The van der Waals surface area contributed by atoms with Crippen molar-refractivity contribution < 1.29 is 13.6 Å². The minimum atomic E-state index is 0.138. The van der Waals surface area contributed by atoms with E-state index in [1.54, 1.807) is 18.6 Å². The van der Waals surface area contributed by atoms with Gasteiger partial charge in [0.15, 0.2) is 11.5 Å². The molecule has 1 aromatic carbocycles. The number of oxazole rings is 1. The summed E-state index contributed by atoms with van der Waals surface area (Å²) in [6, 6.07) is 7.29. The van der Waals surface area contributed by atoms with Gasteiger partial charge in [0.2, 0.25) is 5.91 Å². The zero-order valence-electron chi connectivity index (χ0n) is 13.1. The van der Waals surface area contributed by atoms with Crippen LogP contribution in [0.25, 0.3) is 11.1 Å². The van der Waals surface area contributed by atoms with Gasteiger partial charge in [0.05, 0.1) is 18.9 Å². The summed E-state index contributed by atoms with van der Waals surface area (Å²) in [6.45, 7) is 1.45. The molecule has 1 fully saturated rings. The average molecular weight is 345 g/mol. The Labute approximate surface area is 144 Å². The normalized spacial score (nSPS) is 16.0. The number of carbonyl (C=O) groups is 1. The number of fused-ring (bicyclic) bond motifs is 1. The minimum Gasteiger partial charge on any atom is -0.472 e. The molecule has 0 radical (unpaired) electrons. The van der Waals surface area contributed by atoms with Gasteiger partial charge in [-0.05, 0) is 42.7 Å². The van der Waals surface area contributed by atoms with Crippen molar-refractivity contribution >= 4 is 28.6 Å². The maximum Gasteiger partial charge on any atom is 0.227 e. The van der Waals surface area contributed by atoms with E-state index in [2.05, 4.69) is 4.98 Å². The number of carbonyl (C=O) groups excluding carboxylic acids is 1. The largest absolute Gasteiger partial charge is 0.472 e. The number of nitrogens with zero attached hydrogens (tertiary/aromatic N) is 2. The van der Waals surface area contributed by atoms with Gasteiger partial charge in [0, 0.05) is 24.0 Å². The van der Waals surface area contributed by atoms with Crippen molar-refractivity contribution in [1.29, 1.82) is 0 Å². The molecule has 4 rings (SSSR count). The van der Waals surface area contributed by atoms with E-state index in [1.165, 1.54) is 0 Å². The number of likely N-dealkylation sites (tertiary alicyclic amines) is 1. The van der Waals surface area contributed by atoms with E-state index in [0.29, 0.717) is 11.4 Å². The van der Waals surface area contributed by atoms with Crippen LogP contribution in [0.15, 0.2) is 45.6 Å². The highest BCUT2D eigenvalue weighted by Crippen LogP contribution is 2.31. The summed E-state index contributed by atoms with van der Waals surface area (Å²) < 4.78 is 10.9. The smallest absolute Gasteiger partial charge is 0.227 e. The Morgan fingerprint density at radius 3 is 2.88 bits per heavy atom. The van der Waals surface area contributed by atoms with Crippen LogP contribution >= 0.6 is 11.6 Å². The molecule has 0 atom stereocenters. The molecule has 3 heterocycles. The summed E-state index contributed by atoms with van der Waals surface area (Å²) in [6.07, 6.45) is 5.32. The molecule has 1 amide bonds. The van der Waals surface area contributed by atoms with Crippen molar-refractivity contribution in [2.45, 2.75) is 25.2 Å². The molecule has 2 aromatic heterocycles. The summed E-state index contributed by atoms with van der Waals surface area (Å²) in [4.78, 5) is 18.8. The van der Waals surface area contributed by atoms with Crippen LogP contribution in [0.5, 0.6) is 0 Å². The van der Waals surface area contributed by atoms with E-state index >= 15 is 0 Å². The van der Waals surface area contributed by atoms with E-state index in [9.17, 15) is 4.79 Å². The van der Waals surface area contributed by atoms with Crippen molar-refractivity contribution in [3.05, 3.63) is 53.3 Å². The van der Waals surface area contributed by atoms with E-state index in [1.807, 2.05) is 23.1 Å². The van der Waals surface area contributed by atoms with Crippen molar-refractivity contribution in [3.8, 4) is 0 Å². The van der Waals surface area contributed by atoms with Crippen LogP contribution in [0.4, 0.5) is 0 Å². The van der Waals surface area contributed by atoms with Crippen LogP contribution in [-0.2, 0) is 11.2 Å². The van der Waals surface area contributed by atoms with Crippen LogP contribution in [0.3, 0.4) is 0 Å². The molecule has 1 aliphatic rings. The third-order valence-electron chi connectivity index (χ3n) is 4.50. The van der Waals surface area contributed by atoms with Gasteiger partial charge in [-0.1, -0.05) is 11.6 Å². The predicted molar refractivity (Wildman–Crippen MR) is 90.0 cm³/mol. The molecular weight excluding hydrogens is 328 g/mol. The van der Waals surface area contributed by atoms with E-state index in [0.717, 1.165) is 48.5 Å². The molecular formula is C18H17ClN2O3. The molecule has 0 saturated carbocycles. The highest BCUT2D eigenvalue weighted by Gasteiger charge is 2.27. The Hall–Kier alpha value is -2.27. The topological polar surface area (TPSA) is 59.5 Å². The molecule has 0 bridgehead atoms. The van der Waals surface area contributed by atoms with Crippen molar-refractivity contribution in [3.63, 3.8) is 0 Å². The predicted octanol–water partition coefficient (Wildman–Crippen LogP) is 4.02. The highest BCUT2D eigenvalue weighted by molar-refractivity contribution is 6.31. The molecule has 0 unspecified atom stereocenters. The van der Waals surface area contributed by atoms with E-state index in [-0.39, 0.29) is 11.8 Å². The van der Waals surface area contributed by atoms with Crippen molar-refractivity contribution in [2.24, 2.45) is 0 Å². The lowest BCUT2D eigenvalue weighted by Gasteiger charge is -2.30. The fourth-order valence-corrected chi connectivity index (χ4v) is 3.31. The Morgan fingerprint density at radius 1 is 1.29 bits per heavy atom. The third-order valence-corrected chi connectivity index (χ3v) is 4.73. The number of aromatic nitrogens is 1. The van der Waals surface area contributed by atoms with Gasteiger partial charge in [-0.25, -0.2) is 4.98 Å². The van der Waals surface area contributed by atoms with Gasteiger partial charge >= 0.3 is 0 Å². The second kappa shape index (κ2) is 6.32. The number of hydrogen-bond acceptors (Lipinski definition) is 4. The quantitative estimate of drug-likeness (QED) is 0.720. The van der Waals surface area contributed by atoms with E-state index in [4.69, 9.17) is 20.4 Å². The van der Waals surface area contributed by atoms with E-state index < -0.39 is 0 Å². The molecule has 5 nitrogen and oxygen atoms in total. The molecule has 3 aromatic rings. The number of furan rings is 1. The summed E-state index contributed by atoms with van der Waals surface area (Å²) in [5.41, 5.74) is 2.46. The number of piperidine rings is 1. The van der Waals surface area contributed by atoms with Crippen molar-refractivity contribution in [2.75, 3.05) is 13.1 Å². The number of rotatable bonds is 3. The molecule has 0 aliphatic carbocycles. The number of amides is 1. The van der Waals surface area contributed by atoms with Gasteiger partial charge in [0.1, 0.15) is 5.52 Å². The summed E-state index contributed by atoms with van der Waals surface area (Å²) in [5.74, 6) is 1.13. The Bertz CT molecular complexity index is 848. The van der Waals surface area contributed by atoms with Crippen LogP contribution in [-0.4, -0.2) is 28.9 Å². The zero-order chi connectivity index (χ0) is 16.5. The van der Waals surface area contributed by atoms with Crippen molar-refractivity contribution in [1.82, 2.24) is 9.88 Å². The van der Waals surface area contributed by atoms with Crippen LogP contribution in [0, 0.1) is 0 Å². The Morgan fingerprint density at radius 2 is 2.12 bits per heavy atom. The molecule has 0 spiro atoms. The second-order valence-corrected chi connectivity index (χ2v) is 6.56. The maximum absolute atomic E-state index is 12.3. The van der Waals surface area contributed by atoms with Gasteiger partial charge in [-0.15, -0.1) is 0 Å². The first-order valence-corrected chi connectivity index (χ1v) is 8.41. The molecule has 24 heavy (non-hydrogen) atoms. The molecule has 1 aliphatic heterocycles. The first-order chi connectivity index (χ1) is 11.7. The number of benzene rings is 1. The fraction of sp³-hybridized carbons (Fsp3) is 0.333. The fourth-order valence-electron chi connectivity index (χ4n) is 3.15. The Balaban J connectivity index is 1.40. The average Bonchev–Trinajstić information content (AvgIpc) is 3.24. The SMILES string of the molecule is O=C(Cc1ccoc1)N1CCC(c2nc3cc(Cl)ccc3o2)CC1. The molecule has 1 saturated heterocycles. The first-order valence-electron chi connectivity index (χ1n) is 8.04. The lowest BCUT2D eigenvalue weighted by atomic mass is 9.96. The van der Waals surface area contributed by atoms with Crippen LogP contribution in [0.2, 0.25) is 5.02 Å². The third kappa shape index (κ3) is 3.04. The first kappa shape index (κ1) is 15.3. The standard InChI is InChI=1S/C18H17ClN2O3/c19-14-1-2-16-15(10-14)20-18(24-16)13-3-6-21(7-4-13)17(22)9-12-5-8-23-11-12/h1-2,5,8,10-11,13H,3-4,6-7,9H2. The van der Waals surface area contributed by atoms with Gasteiger partial charge in [-0.2, -0.15) is 0 Å². The lowest BCUT2D eigenvalue weighted by Crippen LogP contribution is -2.38. The summed E-state index contributed by atoms with van der Waals surface area (Å²) >= 11 is 5.99. The second-order valence-electron chi connectivity index (χ2n) is 6.13. The summed E-state index contributed by atoms with van der Waals surface area (Å²) in [5, 5.41) is 0.655. The van der Waals surface area contributed by atoms with Gasteiger partial charge < -0.3 is 13.7 Å². The Kier molecular flexibility index (Phi) is 4.02. The molecule has 6 heteroatoms. The lowest BCUT2D eigenvalue weighted by molar-refractivity contribution is -0.131. The highest BCUT2D eigenvalue weighted by atomic mass is 35.5. The monoisotopic (exact) mass is 344 g/mol. The van der Waals surface area contributed by atoms with Gasteiger partial charge in [-0.3, -0.25) is 4.79 Å². The maximum atomic E-state index is 12.3. The number of halogens is 1. The number of hydrogen-bond donors (Lipinski definition) is 0. The molecule has 124 valence electrons. The van der Waals surface area contributed by atoms with Gasteiger partial charge in [0.25, 0.3) is 0 Å². The van der Waals surface area contributed by atoms with Crippen LogP contribution < -0.4 is 0 Å². The van der Waals surface area contributed by atoms with Crippen LogP contribution in [0.1, 0.15) is 30.2 Å². The minimum absolute atomic E-state index is 0.138. The molecule has 0 N–H and O–H groups in total.